The van der Waals surface area contributed by atoms with E-state index in [1.807, 2.05) is 0 Å². The van der Waals surface area contributed by atoms with Crippen LogP contribution in [-0.2, 0) is 0 Å². The van der Waals surface area contributed by atoms with Crippen molar-refractivity contribution in [2.45, 2.75) is 38.8 Å². The largest absolute Gasteiger partial charge is 0.395 e. The maximum Gasteiger partial charge on any atom is 0.0589 e. The van der Waals surface area contributed by atoms with E-state index in [0.717, 1.165) is 26.1 Å². The van der Waals surface area contributed by atoms with Gasteiger partial charge in [-0.05, 0) is 43.5 Å². The van der Waals surface area contributed by atoms with E-state index in [4.69, 9.17) is 0 Å². The van der Waals surface area contributed by atoms with Crippen molar-refractivity contribution in [1.82, 2.24) is 10.2 Å². The number of hydrogen-bond acceptors (Lipinski definition) is 3. The fourth-order valence-corrected chi connectivity index (χ4v) is 3.89. The molecule has 3 nitrogen and oxygen atoms in total. The molecule has 0 bridgehead atoms. The molecule has 0 spiro atoms. The van der Waals surface area contributed by atoms with E-state index >= 15 is 0 Å². The van der Waals surface area contributed by atoms with Gasteiger partial charge in [-0.1, -0.05) is 48.0 Å². The van der Waals surface area contributed by atoms with E-state index in [2.05, 4.69) is 64.3 Å². The van der Waals surface area contributed by atoms with E-state index in [1.165, 1.54) is 16.5 Å². The maximum absolute atomic E-state index is 9.57. The fraction of sp³-hybridized carbons (Fsp3) is 0.647. The highest BCUT2D eigenvalue weighted by Gasteiger charge is 2.30. The summed E-state index contributed by atoms with van der Waals surface area (Å²) in [5.41, 5.74) is 1.33. The maximum atomic E-state index is 9.57. The number of hydrogen-bond donors (Lipinski definition) is 2. The van der Waals surface area contributed by atoms with E-state index in [0.29, 0.717) is 18.0 Å². The van der Waals surface area contributed by atoms with Gasteiger partial charge in [0, 0.05) is 23.1 Å². The van der Waals surface area contributed by atoms with Crippen LogP contribution in [-0.4, -0.2) is 42.3 Å². The van der Waals surface area contributed by atoms with Crippen LogP contribution in [0.15, 0.2) is 28.7 Å². The Kier molecular flexibility index (Phi) is 6.68. The minimum Gasteiger partial charge on any atom is -0.395 e. The van der Waals surface area contributed by atoms with Gasteiger partial charge in [0.2, 0.25) is 0 Å². The van der Waals surface area contributed by atoms with Crippen LogP contribution in [0.25, 0.3) is 0 Å². The van der Waals surface area contributed by atoms with E-state index < -0.39 is 0 Å². The lowest BCUT2D eigenvalue weighted by molar-refractivity contribution is 0.135. The van der Waals surface area contributed by atoms with Gasteiger partial charge < -0.3 is 10.4 Å². The quantitative estimate of drug-likeness (QED) is 0.789. The van der Waals surface area contributed by atoms with Gasteiger partial charge in [0.15, 0.2) is 0 Å². The van der Waals surface area contributed by atoms with E-state index in [9.17, 15) is 5.11 Å². The van der Waals surface area contributed by atoms with Crippen LogP contribution in [0.2, 0.25) is 0 Å². The third kappa shape index (κ3) is 4.28. The molecule has 2 rings (SSSR count). The minimum atomic E-state index is 0.280. The average molecular weight is 355 g/mol. The molecule has 3 unspecified atom stereocenters. The average Bonchev–Trinajstić information content (AvgIpc) is 2.84. The van der Waals surface area contributed by atoms with Crippen LogP contribution >= 0.6 is 15.9 Å². The SMILES string of the molecule is CCNC(CCN1CCC(C)C1CO)c1ccccc1Br. The molecular weight excluding hydrogens is 328 g/mol. The molecule has 1 aromatic rings. The van der Waals surface area contributed by atoms with Crippen LogP contribution in [0.4, 0.5) is 0 Å². The number of benzene rings is 1. The van der Waals surface area contributed by atoms with Crippen molar-refractivity contribution in [2.24, 2.45) is 5.92 Å². The number of halogens is 1. The van der Waals surface area contributed by atoms with Gasteiger partial charge in [0.05, 0.1) is 6.61 Å². The summed E-state index contributed by atoms with van der Waals surface area (Å²) < 4.78 is 1.17. The standard InChI is InChI=1S/C17H27BrN2O/c1-3-19-16(14-6-4-5-7-15(14)18)9-11-20-10-8-13(2)17(20)12-21/h4-7,13,16-17,19,21H,3,8-12H2,1-2H3. The van der Waals surface area contributed by atoms with Gasteiger partial charge in [0.25, 0.3) is 0 Å². The third-order valence-corrected chi connectivity index (χ3v) is 5.34. The number of aliphatic hydroxyl groups is 1. The highest BCUT2D eigenvalue weighted by molar-refractivity contribution is 9.10. The first-order valence-electron chi connectivity index (χ1n) is 8.00. The van der Waals surface area contributed by atoms with Crippen molar-refractivity contribution in [3.63, 3.8) is 0 Å². The Labute approximate surface area is 136 Å². The van der Waals surface area contributed by atoms with Crippen molar-refractivity contribution >= 4 is 15.9 Å². The lowest BCUT2D eigenvalue weighted by Crippen LogP contribution is -2.37. The lowest BCUT2D eigenvalue weighted by Gasteiger charge is -2.28. The molecule has 0 radical (unpaired) electrons. The van der Waals surface area contributed by atoms with E-state index in [-0.39, 0.29) is 6.61 Å². The zero-order valence-electron chi connectivity index (χ0n) is 13.1. The molecule has 1 fully saturated rings. The fourth-order valence-electron chi connectivity index (χ4n) is 3.33. The molecule has 1 aliphatic rings. The molecule has 3 atom stereocenters. The second kappa shape index (κ2) is 8.28. The molecule has 1 heterocycles. The topological polar surface area (TPSA) is 35.5 Å². The predicted octanol–water partition coefficient (Wildman–Crippen LogP) is 3.19. The first kappa shape index (κ1) is 16.9. The summed E-state index contributed by atoms with van der Waals surface area (Å²) in [6.07, 6.45) is 2.27. The van der Waals surface area contributed by atoms with Crippen LogP contribution in [0.1, 0.15) is 38.3 Å². The molecule has 1 saturated heterocycles. The Balaban J connectivity index is 1.99. The summed E-state index contributed by atoms with van der Waals surface area (Å²) in [6.45, 7) is 7.79. The molecule has 2 N–H and O–H groups in total. The number of nitrogens with one attached hydrogen (secondary N) is 1. The van der Waals surface area contributed by atoms with Gasteiger partial charge in [-0.2, -0.15) is 0 Å². The molecular formula is C17H27BrN2O. The summed E-state index contributed by atoms with van der Waals surface area (Å²) in [6, 6.07) is 9.15. The number of aliphatic hydroxyl groups excluding tert-OH is 1. The number of nitrogens with zero attached hydrogens (tertiary/aromatic N) is 1. The van der Waals surface area contributed by atoms with Gasteiger partial charge in [0.1, 0.15) is 0 Å². The summed E-state index contributed by atoms with van der Waals surface area (Å²) in [7, 11) is 0. The Morgan fingerprint density at radius 3 is 2.86 bits per heavy atom. The summed E-state index contributed by atoms with van der Waals surface area (Å²) in [5, 5.41) is 13.2. The summed E-state index contributed by atoms with van der Waals surface area (Å²) in [5.74, 6) is 0.607. The highest BCUT2D eigenvalue weighted by atomic mass is 79.9. The van der Waals surface area contributed by atoms with Crippen molar-refractivity contribution in [3.8, 4) is 0 Å². The number of rotatable bonds is 7. The molecule has 4 heteroatoms. The number of likely N-dealkylation sites (tertiary alicyclic amines) is 1. The lowest BCUT2D eigenvalue weighted by atomic mass is 10.0. The molecule has 0 saturated carbocycles. The zero-order valence-corrected chi connectivity index (χ0v) is 14.6. The van der Waals surface area contributed by atoms with Crippen LogP contribution in [0, 0.1) is 5.92 Å². The Morgan fingerprint density at radius 2 is 2.19 bits per heavy atom. The first-order chi connectivity index (χ1) is 10.2. The van der Waals surface area contributed by atoms with Crippen LogP contribution < -0.4 is 5.32 Å². The van der Waals surface area contributed by atoms with Gasteiger partial charge in [-0.25, -0.2) is 0 Å². The van der Waals surface area contributed by atoms with Gasteiger partial charge >= 0.3 is 0 Å². The van der Waals surface area contributed by atoms with Crippen molar-refractivity contribution in [3.05, 3.63) is 34.3 Å². The van der Waals surface area contributed by atoms with Crippen molar-refractivity contribution < 1.29 is 5.11 Å². The normalized spacial score (nSPS) is 24.4. The van der Waals surface area contributed by atoms with Crippen molar-refractivity contribution in [1.29, 1.82) is 0 Å². The molecule has 1 aromatic carbocycles. The molecule has 21 heavy (non-hydrogen) atoms. The first-order valence-corrected chi connectivity index (χ1v) is 8.79. The third-order valence-electron chi connectivity index (χ3n) is 4.62. The smallest absolute Gasteiger partial charge is 0.0589 e. The molecule has 0 aromatic heterocycles. The second-order valence-corrected chi connectivity index (χ2v) is 6.83. The monoisotopic (exact) mass is 354 g/mol. The second-order valence-electron chi connectivity index (χ2n) is 5.97. The summed E-state index contributed by atoms with van der Waals surface area (Å²) >= 11 is 3.66. The Bertz CT molecular complexity index is 441. The Hall–Kier alpha value is -0.420. The predicted molar refractivity (Wildman–Crippen MR) is 91.4 cm³/mol. The van der Waals surface area contributed by atoms with Gasteiger partial charge in [-0.15, -0.1) is 0 Å². The molecule has 118 valence electrons. The highest BCUT2D eigenvalue weighted by Crippen LogP contribution is 2.28. The molecule has 0 amide bonds. The zero-order chi connectivity index (χ0) is 15.2. The van der Waals surface area contributed by atoms with Crippen LogP contribution in [0.5, 0.6) is 0 Å². The summed E-state index contributed by atoms with van der Waals surface area (Å²) in [4.78, 5) is 2.45. The Morgan fingerprint density at radius 1 is 1.43 bits per heavy atom. The molecule has 1 aliphatic heterocycles. The van der Waals surface area contributed by atoms with E-state index in [1.54, 1.807) is 0 Å². The van der Waals surface area contributed by atoms with Crippen molar-refractivity contribution in [2.75, 3.05) is 26.2 Å². The van der Waals surface area contributed by atoms with Crippen LogP contribution in [0.3, 0.4) is 0 Å². The van der Waals surface area contributed by atoms with Gasteiger partial charge in [-0.3, -0.25) is 4.90 Å². The minimum absolute atomic E-state index is 0.280. The molecule has 0 aliphatic carbocycles.